The summed E-state index contributed by atoms with van der Waals surface area (Å²) in [6.45, 7) is 5.80. The normalized spacial score (nSPS) is 18.9. The van der Waals surface area contributed by atoms with E-state index in [0.717, 1.165) is 32.4 Å². The molecule has 0 N–H and O–H groups in total. The molecule has 4 heteroatoms. The topological polar surface area (TPSA) is 38.1 Å². The van der Waals surface area contributed by atoms with Gasteiger partial charge in [0.15, 0.2) is 0 Å². The molecule has 0 bridgehead atoms. The second-order valence-corrected chi connectivity index (χ2v) is 6.63. The Labute approximate surface area is 138 Å². The van der Waals surface area contributed by atoms with E-state index in [4.69, 9.17) is 0 Å². The summed E-state index contributed by atoms with van der Waals surface area (Å²) in [4.78, 5) is 14.7. The molecule has 4 nitrogen and oxygen atoms in total. The van der Waals surface area contributed by atoms with Gasteiger partial charge in [0.2, 0.25) is 0 Å². The van der Waals surface area contributed by atoms with E-state index in [1.165, 1.54) is 5.56 Å². The third-order valence-electron chi connectivity index (χ3n) is 4.66. The maximum absolute atomic E-state index is 12.7. The number of nitrogens with zero attached hydrogens (tertiary/aromatic N) is 3. The molecule has 1 aromatic carbocycles. The second kappa shape index (κ2) is 6.99. The van der Waals surface area contributed by atoms with Gasteiger partial charge in [0.25, 0.3) is 5.91 Å². The van der Waals surface area contributed by atoms with Gasteiger partial charge >= 0.3 is 0 Å². The molecule has 0 saturated carbocycles. The van der Waals surface area contributed by atoms with Gasteiger partial charge in [0.05, 0.1) is 11.8 Å². The molecule has 0 radical (unpaired) electrons. The lowest BCUT2D eigenvalue weighted by atomic mass is 9.92. The average molecular weight is 311 g/mol. The smallest absolute Gasteiger partial charge is 0.257 e. The van der Waals surface area contributed by atoms with E-state index in [1.54, 1.807) is 6.20 Å². The fourth-order valence-corrected chi connectivity index (χ4v) is 3.27. The van der Waals surface area contributed by atoms with Crippen LogP contribution in [0.2, 0.25) is 0 Å². The van der Waals surface area contributed by atoms with Crippen LogP contribution in [0.4, 0.5) is 0 Å². The number of aromatic nitrogens is 2. The molecule has 1 saturated heterocycles. The van der Waals surface area contributed by atoms with E-state index < -0.39 is 0 Å². The Morgan fingerprint density at radius 3 is 2.65 bits per heavy atom. The Hall–Kier alpha value is -2.10. The minimum absolute atomic E-state index is 0.116. The number of hydrogen-bond donors (Lipinski definition) is 0. The van der Waals surface area contributed by atoms with Crippen molar-refractivity contribution < 1.29 is 4.79 Å². The molecule has 1 atom stereocenters. The fourth-order valence-electron chi connectivity index (χ4n) is 3.27. The van der Waals surface area contributed by atoms with Crippen molar-refractivity contribution in [1.29, 1.82) is 0 Å². The number of likely N-dealkylation sites (tertiary alicyclic amines) is 1. The summed E-state index contributed by atoms with van der Waals surface area (Å²) in [6.07, 6.45) is 6.81. The van der Waals surface area contributed by atoms with Crippen molar-refractivity contribution in [2.75, 3.05) is 13.1 Å². The van der Waals surface area contributed by atoms with Gasteiger partial charge in [-0.25, -0.2) is 0 Å². The highest BCUT2D eigenvalue weighted by molar-refractivity contribution is 5.93. The van der Waals surface area contributed by atoms with Crippen LogP contribution in [0.25, 0.3) is 0 Å². The molecule has 23 heavy (non-hydrogen) atoms. The number of amides is 1. The first-order valence-electron chi connectivity index (χ1n) is 8.53. The monoisotopic (exact) mass is 311 g/mol. The summed E-state index contributed by atoms with van der Waals surface area (Å²) in [5, 5.41) is 4.29. The van der Waals surface area contributed by atoms with Crippen molar-refractivity contribution >= 4 is 5.91 Å². The molecular formula is C19H25N3O. The molecule has 1 amide bonds. The molecule has 122 valence electrons. The quantitative estimate of drug-likeness (QED) is 0.863. The van der Waals surface area contributed by atoms with Crippen LogP contribution < -0.4 is 0 Å². The third kappa shape index (κ3) is 3.63. The Morgan fingerprint density at radius 1 is 1.17 bits per heavy atom. The van der Waals surface area contributed by atoms with Crippen molar-refractivity contribution in [1.82, 2.24) is 14.7 Å². The first-order chi connectivity index (χ1) is 11.1. The van der Waals surface area contributed by atoms with Crippen LogP contribution in [0, 0.1) is 0 Å². The molecule has 2 aromatic rings. The standard InChI is InChI=1S/C19H25N3O/c1-15(2)22-14-18(13-20-22)19(23)21-11-6-9-17(10-12-21)16-7-4-3-5-8-16/h3-5,7-8,13-15,17H,6,9-12H2,1-2H3/t17-/m1/s1. The minimum Gasteiger partial charge on any atom is -0.339 e. The van der Waals surface area contributed by atoms with E-state index >= 15 is 0 Å². The maximum Gasteiger partial charge on any atom is 0.257 e. The Kier molecular flexibility index (Phi) is 4.79. The molecule has 1 fully saturated rings. The highest BCUT2D eigenvalue weighted by Gasteiger charge is 2.23. The van der Waals surface area contributed by atoms with Gasteiger partial charge in [-0.2, -0.15) is 5.10 Å². The SMILES string of the molecule is CC(C)n1cc(C(=O)N2CCC[C@@H](c3ccccc3)CC2)cn1. The van der Waals surface area contributed by atoms with Crippen molar-refractivity contribution in [3.8, 4) is 0 Å². The van der Waals surface area contributed by atoms with Crippen LogP contribution in [-0.4, -0.2) is 33.7 Å². The minimum atomic E-state index is 0.116. The number of carbonyl (C=O) groups excluding carboxylic acids is 1. The summed E-state index contributed by atoms with van der Waals surface area (Å²) >= 11 is 0. The van der Waals surface area contributed by atoms with Crippen molar-refractivity contribution in [2.24, 2.45) is 0 Å². The lowest BCUT2D eigenvalue weighted by Gasteiger charge is -2.20. The molecule has 1 aliphatic heterocycles. The van der Waals surface area contributed by atoms with Gasteiger partial charge in [0.1, 0.15) is 0 Å². The van der Waals surface area contributed by atoms with Gasteiger partial charge in [-0.1, -0.05) is 30.3 Å². The largest absolute Gasteiger partial charge is 0.339 e. The van der Waals surface area contributed by atoms with Gasteiger partial charge in [0, 0.05) is 25.3 Å². The van der Waals surface area contributed by atoms with Crippen LogP contribution in [0.3, 0.4) is 0 Å². The zero-order valence-corrected chi connectivity index (χ0v) is 14.0. The molecule has 0 unspecified atom stereocenters. The first kappa shape index (κ1) is 15.8. The Morgan fingerprint density at radius 2 is 1.96 bits per heavy atom. The van der Waals surface area contributed by atoms with Gasteiger partial charge in [-0.3, -0.25) is 9.48 Å². The molecule has 2 heterocycles. The highest BCUT2D eigenvalue weighted by atomic mass is 16.2. The fraction of sp³-hybridized carbons (Fsp3) is 0.474. The maximum atomic E-state index is 12.7. The van der Waals surface area contributed by atoms with E-state index in [9.17, 15) is 4.79 Å². The highest BCUT2D eigenvalue weighted by Crippen LogP contribution is 2.28. The van der Waals surface area contributed by atoms with E-state index in [2.05, 4.69) is 49.3 Å². The predicted molar refractivity (Wildman–Crippen MR) is 91.5 cm³/mol. The molecule has 0 aliphatic carbocycles. The van der Waals surface area contributed by atoms with Crippen LogP contribution >= 0.6 is 0 Å². The molecule has 3 rings (SSSR count). The number of benzene rings is 1. The Balaban J connectivity index is 1.66. The summed E-state index contributed by atoms with van der Waals surface area (Å²) in [7, 11) is 0. The van der Waals surface area contributed by atoms with Crippen molar-refractivity contribution in [2.45, 2.75) is 45.1 Å². The summed E-state index contributed by atoms with van der Waals surface area (Å²) in [5.41, 5.74) is 2.10. The number of rotatable bonds is 3. The number of hydrogen-bond acceptors (Lipinski definition) is 2. The van der Waals surface area contributed by atoms with Crippen LogP contribution in [0.1, 0.15) is 61.0 Å². The summed E-state index contributed by atoms with van der Waals surface area (Å²) < 4.78 is 1.85. The number of carbonyl (C=O) groups is 1. The van der Waals surface area contributed by atoms with Crippen molar-refractivity contribution in [3.63, 3.8) is 0 Å². The lowest BCUT2D eigenvalue weighted by molar-refractivity contribution is 0.0761. The van der Waals surface area contributed by atoms with E-state index in [-0.39, 0.29) is 11.9 Å². The van der Waals surface area contributed by atoms with E-state index in [0.29, 0.717) is 11.5 Å². The first-order valence-corrected chi connectivity index (χ1v) is 8.53. The Bertz CT molecular complexity index is 648. The summed E-state index contributed by atoms with van der Waals surface area (Å²) in [5.74, 6) is 0.679. The zero-order valence-electron chi connectivity index (χ0n) is 14.0. The van der Waals surface area contributed by atoms with Gasteiger partial charge in [-0.15, -0.1) is 0 Å². The van der Waals surface area contributed by atoms with Gasteiger partial charge < -0.3 is 4.90 Å². The van der Waals surface area contributed by atoms with Crippen LogP contribution in [0.15, 0.2) is 42.7 Å². The van der Waals surface area contributed by atoms with E-state index in [1.807, 2.05) is 15.8 Å². The lowest BCUT2D eigenvalue weighted by Crippen LogP contribution is -2.31. The molecule has 1 aromatic heterocycles. The van der Waals surface area contributed by atoms with Crippen LogP contribution in [0.5, 0.6) is 0 Å². The second-order valence-electron chi connectivity index (χ2n) is 6.63. The molecule has 1 aliphatic rings. The predicted octanol–water partition coefficient (Wildman–Crippen LogP) is 3.87. The zero-order chi connectivity index (χ0) is 16.2. The molecular weight excluding hydrogens is 286 g/mol. The van der Waals surface area contributed by atoms with Crippen molar-refractivity contribution in [3.05, 3.63) is 53.9 Å². The average Bonchev–Trinajstić information content (AvgIpc) is 2.94. The third-order valence-corrected chi connectivity index (χ3v) is 4.66. The van der Waals surface area contributed by atoms with Crippen LogP contribution in [-0.2, 0) is 0 Å². The van der Waals surface area contributed by atoms with Gasteiger partial charge in [-0.05, 0) is 44.6 Å². The summed E-state index contributed by atoms with van der Waals surface area (Å²) in [6, 6.07) is 10.9. The molecule has 0 spiro atoms.